The molecule has 1 aliphatic heterocycles. The van der Waals surface area contributed by atoms with Crippen molar-refractivity contribution in [3.8, 4) is 0 Å². The average Bonchev–Trinajstić information content (AvgIpc) is 3.39. The molecule has 2 atom stereocenters. The van der Waals surface area contributed by atoms with Crippen molar-refractivity contribution in [1.29, 1.82) is 0 Å². The van der Waals surface area contributed by atoms with Gasteiger partial charge in [-0.25, -0.2) is 9.78 Å². The highest BCUT2D eigenvalue weighted by Gasteiger charge is 2.35. The van der Waals surface area contributed by atoms with Crippen molar-refractivity contribution in [2.45, 2.75) is 70.9 Å². The molecule has 0 radical (unpaired) electrons. The molecule has 0 spiro atoms. The van der Waals surface area contributed by atoms with Gasteiger partial charge in [0.2, 0.25) is 11.8 Å². The topological polar surface area (TPSA) is 144 Å². The first kappa shape index (κ1) is 33.2. The number of alkyl carbamates (subject to hydrolysis) is 1. The van der Waals surface area contributed by atoms with Gasteiger partial charge in [0, 0.05) is 19.3 Å². The number of ether oxygens (including phenoxy) is 2. The molecule has 2 aromatic carbocycles. The predicted octanol–water partition coefficient (Wildman–Crippen LogP) is 3.65. The molecule has 0 bridgehead atoms. The van der Waals surface area contributed by atoms with Crippen LogP contribution in [-0.2, 0) is 30.5 Å². The molecule has 240 valence electrons. The third kappa shape index (κ3) is 9.39. The highest BCUT2D eigenvalue weighted by atomic mass is 16.6. The number of hydrogen-bond acceptors (Lipinski definition) is 7. The Balaban J connectivity index is 1.48. The first-order chi connectivity index (χ1) is 21.3. The van der Waals surface area contributed by atoms with E-state index >= 15 is 0 Å². The van der Waals surface area contributed by atoms with E-state index in [2.05, 4.69) is 20.9 Å². The zero-order valence-electron chi connectivity index (χ0n) is 26.4. The van der Waals surface area contributed by atoms with E-state index in [1.54, 1.807) is 36.4 Å². The van der Waals surface area contributed by atoms with Crippen LogP contribution < -0.4 is 16.0 Å². The van der Waals surface area contributed by atoms with Gasteiger partial charge in [0.05, 0.1) is 19.5 Å². The first-order valence-electron chi connectivity index (χ1n) is 14.9. The molecule has 0 aliphatic carbocycles. The quantitative estimate of drug-likeness (QED) is 0.281. The number of hydrogen-bond donors (Lipinski definition) is 3. The molecule has 3 N–H and O–H groups in total. The minimum atomic E-state index is -1.41. The summed E-state index contributed by atoms with van der Waals surface area (Å²) in [7, 11) is 0. The van der Waals surface area contributed by atoms with Crippen LogP contribution in [0.15, 0.2) is 73.2 Å². The number of aromatic nitrogens is 2. The first-order valence-corrected chi connectivity index (χ1v) is 14.9. The minimum absolute atomic E-state index is 0.0538. The standard InChI is InChI=1S/C33H42N6O6/c1-32(2,3)45-31(43)37-33(4,5)30(42)35-25(21-44-20-23-13-8-6-9-14-23)28(40)36-26-19-39(22-34-26)27(24-15-10-7-11-16-24)29(41)38-17-12-18-38/h6-11,13-16,19,22,25,27H,12,17-18,20-21H2,1-5H3,(H,35,42)(H,36,40)(H,37,43). The average molecular weight is 619 g/mol. The van der Waals surface area contributed by atoms with Crippen LogP contribution in [0.25, 0.3) is 0 Å². The number of imidazole rings is 1. The molecule has 2 heterocycles. The van der Waals surface area contributed by atoms with Crippen molar-refractivity contribution in [1.82, 2.24) is 25.1 Å². The number of nitrogens with one attached hydrogen (secondary N) is 3. The van der Waals surface area contributed by atoms with Crippen LogP contribution in [0, 0.1) is 0 Å². The van der Waals surface area contributed by atoms with Crippen LogP contribution in [-0.4, -0.2) is 75.1 Å². The van der Waals surface area contributed by atoms with E-state index in [4.69, 9.17) is 9.47 Å². The summed E-state index contributed by atoms with van der Waals surface area (Å²) in [6, 6.07) is 17.0. The van der Waals surface area contributed by atoms with Gasteiger partial charge in [0.25, 0.3) is 5.91 Å². The maximum atomic E-state index is 13.5. The number of likely N-dealkylation sites (tertiary alicyclic amines) is 1. The molecule has 4 amide bonds. The van der Waals surface area contributed by atoms with Crippen LogP contribution >= 0.6 is 0 Å². The number of nitrogens with zero attached hydrogens (tertiary/aromatic N) is 3. The lowest BCUT2D eigenvalue weighted by Gasteiger charge is -2.34. The Morgan fingerprint density at radius 1 is 0.933 bits per heavy atom. The molecule has 12 heteroatoms. The lowest BCUT2D eigenvalue weighted by molar-refractivity contribution is -0.137. The van der Waals surface area contributed by atoms with Gasteiger partial charge in [0.1, 0.15) is 23.2 Å². The molecule has 2 unspecified atom stereocenters. The highest BCUT2D eigenvalue weighted by Crippen LogP contribution is 2.25. The van der Waals surface area contributed by atoms with Gasteiger partial charge >= 0.3 is 6.09 Å². The van der Waals surface area contributed by atoms with Crippen LogP contribution in [0.4, 0.5) is 10.6 Å². The second kappa shape index (κ2) is 14.4. The van der Waals surface area contributed by atoms with Gasteiger partial charge in [-0.1, -0.05) is 60.7 Å². The summed E-state index contributed by atoms with van der Waals surface area (Å²) in [6.07, 6.45) is 3.28. The molecule has 1 fully saturated rings. The Hall–Kier alpha value is -4.71. The fraction of sp³-hybridized carbons (Fsp3) is 0.424. The Morgan fingerprint density at radius 2 is 1.58 bits per heavy atom. The van der Waals surface area contributed by atoms with Gasteiger partial charge in [-0.2, -0.15) is 0 Å². The Kier molecular flexibility index (Phi) is 10.6. The maximum Gasteiger partial charge on any atom is 0.408 e. The summed E-state index contributed by atoms with van der Waals surface area (Å²) >= 11 is 0. The van der Waals surface area contributed by atoms with E-state index in [9.17, 15) is 19.2 Å². The molecule has 3 aromatic rings. The van der Waals surface area contributed by atoms with E-state index in [0.29, 0.717) is 13.1 Å². The zero-order valence-corrected chi connectivity index (χ0v) is 26.4. The molecule has 1 saturated heterocycles. The maximum absolute atomic E-state index is 13.5. The summed E-state index contributed by atoms with van der Waals surface area (Å²) in [5, 5.41) is 7.99. The number of anilines is 1. The van der Waals surface area contributed by atoms with Gasteiger partial charge < -0.3 is 34.9 Å². The van der Waals surface area contributed by atoms with Crippen LogP contribution in [0.5, 0.6) is 0 Å². The third-order valence-corrected chi connectivity index (χ3v) is 7.07. The molecule has 12 nitrogen and oxygen atoms in total. The largest absolute Gasteiger partial charge is 0.444 e. The number of carbonyl (C=O) groups excluding carboxylic acids is 4. The summed E-state index contributed by atoms with van der Waals surface area (Å²) in [5.41, 5.74) is -0.480. The van der Waals surface area contributed by atoms with Crippen molar-refractivity contribution >= 4 is 29.6 Å². The third-order valence-electron chi connectivity index (χ3n) is 7.07. The smallest absolute Gasteiger partial charge is 0.408 e. The van der Waals surface area contributed by atoms with E-state index in [-0.39, 0.29) is 24.9 Å². The Bertz CT molecular complexity index is 1460. The number of rotatable bonds is 12. The van der Waals surface area contributed by atoms with E-state index < -0.39 is 41.1 Å². The lowest BCUT2D eigenvalue weighted by Crippen LogP contribution is -2.59. The van der Waals surface area contributed by atoms with E-state index in [0.717, 1.165) is 17.5 Å². The zero-order chi connectivity index (χ0) is 32.6. The Morgan fingerprint density at radius 3 is 2.18 bits per heavy atom. The van der Waals surface area contributed by atoms with Crippen LogP contribution in [0.1, 0.15) is 58.2 Å². The van der Waals surface area contributed by atoms with Crippen LogP contribution in [0.2, 0.25) is 0 Å². The summed E-state index contributed by atoms with van der Waals surface area (Å²) in [4.78, 5) is 58.7. The lowest BCUT2D eigenvalue weighted by atomic mass is 10.0. The summed E-state index contributed by atoms with van der Waals surface area (Å²) < 4.78 is 12.8. The number of carbonyl (C=O) groups is 4. The number of benzene rings is 2. The van der Waals surface area contributed by atoms with Gasteiger partial charge in [-0.15, -0.1) is 0 Å². The predicted molar refractivity (Wildman–Crippen MR) is 168 cm³/mol. The fourth-order valence-corrected chi connectivity index (χ4v) is 4.55. The molecule has 45 heavy (non-hydrogen) atoms. The number of amides is 4. The fourth-order valence-electron chi connectivity index (χ4n) is 4.55. The molecule has 0 saturated carbocycles. The Labute approximate surface area is 263 Å². The van der Waals surface area contributed by atoms with Crippen molar-refractivity contribution in [3.63, 3.8) is 0 Å². The van der Waals surface area contributed by atoms with Crippen molar-refractivity contribution in [3.05, 3.63) is 84.3 Å². The highest BCUT2D eigenvalue weighted by molar-refractivity contribution is 5.98. The molecular weight excluding hydrogens is 576 g/mol. The van der Waals surface area contributed by atoms with Crippen molar-refractivity contribution in [2.24, 2.45) is 0 Å². The van der Waals surface area contributed by atoms with Crippen LogP contribution in [0.3, 0.4) is 0 Å². The second-order valence-corrected chi connectivity index (χ2v) is 12.5. The van der Waals surface area contributed by atoms with Gasteiger partial charge in [-0.3, -0.25) is 14.4 Å². The van der Waals surface area contributed by atoms with E-state index in [1.165, 1.54) is 20.2 Å². The monoisotopic (exact) mass is 618 g/mol. The van der Waals surface area contributed by atoms with Gasteiger partial charge in [0.15, 0.2) is 5.82 Å². The summed E-state index contributed by atoms with van der Waals surface area (Å²) in [5.74, 6) is -1.06. The van der Waals surface area contributed by atoms with Crippen molar-refractivity contribution < 1.29 is 28.7 Å². The SMILES string of the molecule is CC(C)(C)OC(=O)NC(C)(C)C(=O)NC(COCc1ccccc1)C(=O)Nc1cn(C(C(=O)N2CCC2)c2ccccc2)cn1. The molecule has 1 aliphatic rings. The molecular formula is C33H42N6O6. The van der Waals surface area contributed by atoms with E-state index in [1.807, 2.05) is 60.7 Å². The van der Waals surface area contributed by atoms with Crippen molar-refractivity contribution in [2.75, 3.05) is 25.0 Å². The second-order valence-electron chi connectivity index (χ2n) is 12.5. The molecule has 1 aromatic heterocycles. The molecule has 4 rings (SSSR count). The normalized spacial score (nSPS) is 14.5. The van der Waals surface area contributed by atoms with Gasteiger partial charge in [-0.05, 0) is 52.2 Å². The minimum Gasteiger partial charge on any atom is -0.444 e. The summed E-state index contributed by atoms with van der Waals surface area (Å²) in [6.45, 7) is 9.62.